The maximum Gasteiger partial charge on any atom is 0.310 e. The highest BCUT2D eigenvalue weighted by Gasteiger charge is 2.45. The Bertz CT molecular complexity index is 8060. The van der Waals surface area contributed by atoms with Gasteiger partial charge in [0.1, 0.15) is 0 Å². The lowest BCUT2D eigenvalue weighted by atomic mass is 10.1. The fraction of sp³-hybridized carbons (Fsp3) is 0. The van der Waals surface area contributed by atoms with E-state index in [0.29, 0.717) is 29.1 Å². The number of hydrogen-bond donors (Lipinski definition) is 0. The minimum atomic E-state index is -2.91. The fourth-order valence-electron chi connectivity index (χ4n) is 17.7. The topological polar surface area (TPSA) is 77.3 Å². The summed E-state index contributed by atoms with van der Waals surface area (Å²) < 4.78 is 12.6. The summed E-state index contributed by atoms with van der Waals surface area (Å²) in [5.41, 5.74) is 4.72. The van der Waals surface area contributed by atoms with Crippen LogP contribution < -0.4 is 51.9 Å². The molecule has 0 aliphatic heterocycles. The van der Waals surface area contributed by atoms with E-state index in [1.54, 1.807) is 0 Å². The Labute approximate surface area is 871 Å². The lowest BCUT2D eigenvalue weighted by Gasteiger charge is -2.35. The molecule has 24 rings (SSSR count). The first kappa shape index (κ1) is 95.2. The van der Waals surface area contributed by atoms with Gasteiger partial charge in [0, 0.05) is 106 Å². The van der Waals surface area contributed by atoms with Crippen molar-refractivity contribution in [2.75, 3.05) is 0 Å². The fourth-order valence-corrected chi connectivity index (χ4v) is 37.6. The number of thiophene rings is 3. The Morgan fingerprint density at radius 2 is 0.432 bits per heavy atom. The van der Waals surface area contributed by atoms with E-state index in [9.17, 15) is 0 Å². The molecule has 5 heterocycles. The van der Waals surface area contributed by atoms with Crippen LogP contribution in [0.3, 0.4) is 0 Å². The van der Waals surface area contributed by atoms with E-state index in [1.165, 1.54) is 106 Å². The first-order valence-corrected chi connectivity index (χ1v) is 59.0. The van der Waals surface area contributed by atoms with Crippen LogP contribution in [-0.2, 0) is 0 Å². The molecule has 0 saturated carbocycles. The number of halogens is 7. The van der Waals surface area contributed by atoms with Crippen LogP contribution in [0.15, 0.2) is 521 Å². The molecular formula is C120H83Br4Cl3N6S3Si3. The van der Waals surface area contributed by atoms with Crippen molar-refractivity contribution in [3.8, 4) is 56.9 Å². The summed E-state index contributed by atoms with van der Waals surface area (Å²) >= 11 is 38.7. The standard InChI is InChI=1S/C45H31N3SSi.C30H21BrSSi.C15H10ClN3.C12H7BrS.C12H10Cl2Si.C6H4Br2/c1-5-17-32(18-6-1)43-46-44(33-19-7-2-8-20-33)48-45(47-43)34-21-15-26-37(31-34)50(35-22-9-3-10-23-35,36-24-11-4-12-25-36)41-30-16-28-39-38-27-13-14-29-40(38)49-42(39)41;31-22-11-9-16-25(21-22)33(23-12-3-1-4-13-23,24-14-5-2-6-15-24)29-20-10-18-27-26-17-7-8-19-28(26)32-30(27)29;16-15-18-13(11-7-3-1-4-8-11)17-14(19-15)12-9-5-2-6-10-12;13-10-6-3-5-9-8-4-1-2-7-11(8)14-12(9)10;13-15(14,11-7-3-1-4-8-11)12-9-5-2-6-10-12;7-5-2-1-3-6(8)4-5/h1-31H;1-21H;1-10H;1-7H;1-10H;1-4H. The van der Waals surface area contributed by atoms with Crippen molar-refractivity contribution in [3.63, 3.8) is 0 Å². The molecule has 24 aromatic rings. The Morgan fingerprint density at radius 3 is 0.770 bits per heavy atom. The number of rotatable bonds is 15. The highest BCUT2D eigenvalue weighted by molar-refractivity contribution is 9.11. The van der Waals surface area contributed by atoms with Gasteiger partial charge in [-0.15, -0.1) is 56.2 Å². The van der Waals surface area contributed by atoms with Gasteiger partial charge in [0.05, 0.1) is 0 Å². The lowest BCUT2D eigenvalue weighted by molar-refractivity contribution is 1.07. The molecule has 0 amide bonds. The van der Waals surface area contributed by atoms with Gasteiger partial charge in [0.2, 0.25) is 5.28 Å². The maximum atomic E-state index is 6.49. The van der Waals surface area contributed by atoms with Crippen LogP contribution in [0.2, 0.25) is 5.28 Å². The molecule has 0 bridgehead atoms. The van der Waals surface area contributed by atoms with Crippen molar-refractivity contribution in [2.45, 2.75) is 0 Å². The third kappa shape index (κ3) is 21.1. The SMILES string of the molecule is Brc1cccc(Br)c1.Brc1cccc([Si](c2ccccc2)(c2ccccc2)c2cccc3c2sc2ccccc23)c1.Brc1cccc2c1sc1ccccc12.Cl[Si](Cl)(c1ccccc1)c1ccccc1.Clc1nc(-c2ccccc2)nc(-c2ccccc2)n1.c1ccc(-c2nc(-c3ccccc3)nc(-c3cccc([Si](c4ccccc4)(c4ccccc4)c4cccc5c4sc4ccccc45)c3)n2)cc1. The second-order valence-corrected chi connectivity index (χ2v) is 53.5. The Kier molecular flexibility index (Phi) is 30.6. The summed E-state index contributed by atoms with van der Waals surface area (Å²) in [7, 11) is -5.49. The van der Waals surface area contributed by atoms with Crippen LogP contribution in [-0.4, -0.2) is 52.7 Å². The molecule has 139 heavy (non-hydrogen) atoms. The first-order valence-electron chi connectivity index (χ1n) is 45.0. The Hall–Kier alpha value is -12.7. The molecule has 0 aliphatic carbocycles. The van der Waals surface area contributed by atoms with Gasteiger partial charge < -0.3 is 0 Å². The van der Waals surface area contributed by atoms with Crippen LogP contribution in [0.25, 0.3) is 117 Å². The number of fused-ring (bicyclic) bond motifs is 9. The monoisotopic (exact) mass is 2210 g/mol. The summed E-state index contributed by atoms with van der Waals surface area (Å²) in [6.45, 7) is -2.51. The second-order valence-electron chi connectivity index (χ2n) is 32.6. The summed E-state index contributed by atoms with van der Waals surface area (Å²) in [6, 6.07) is 176. The van der Waals surface area contributed by atoms with Crippen molar-refractivity contribution in [1.29, 1.82) is 0 Å². The third-order valence-electron chi connectivity index (χ3n) is 24.0. The normalized spacial score (nSPS) is 11.3. The highest BCUT2D eigenvalue weighted by atomic mass is 79.9. The minimum absolute atomic E-state index is 0.202. The van der Waals surface area contributed by atoms with E-state index < -0.39 is 22.8 Å². The maximum absolute atomic E-state index is 6.49. The van der Waals surface area contributed by atoms with E-state index in [2.05, 4.69) is 400 Å². The van der Waals surface area contributed by atoms with Crippen LogP contribution in [0.1, 0.15) is 0 Å². The van der Waals surface area contributed by atoms with Gasteiger partial charge in [-0.1, -0.05) is 497 Å². The largest absolute Gasteiger partial charge is 0.310 e. The van der Waals surface area contributed by atoms with Crippen LogP contribution in [0, 0.1) is 0 Å². The average molecular weight is 2220 g/mol. The van der Waals surface area contributed by atoms with Crippen LogP contribution >= 0.6 is 131 Å². The van der Waals surface area contributed by atoms with Gasteiger partial charge in [0.25, 0.3) is 0 Å². The highest BCUT2D eigenvalue weighted by Crippen LogP contribution is 2.40. The smallest absolute Gasteiger partial charge is 0.208 e. The molecule has 0 aliphatic rings. The molecule has 0 radical (unpaired) electrons. The van der Waals surface area contributed by atoms with Gasteiger partial charge in [-0.3, -0.25) is 0 Å². The molecular weight excluding hydrogens is 2130 g/mol. The summed E-state index contributed by atoms with van der Waals surface area (Å²) in [4.78, 5) is 28.0. The molecule has 0 unspecified atom stereocenters. The number of hydrogen-bond acceptors (Lipinski definition) is 9. The molecule has 19 heteroatoms. The van der Waals surface area contributed by atoms with E-state index in [4.69, 9.17) is 48.7 Å². The predicted octanol–water partition coefficient (Wildman–Crippen LogP) is 29.4. The molecule has 0 spiro atoms. The van der Waals surface area contributed by atoms with Gasteiger partial charge >= 0.3 is 6.69 Å². The van der Waals surface area contributed by atoms with Gasteiger partial charge in [0.15, 0.2) is 45.3 Å². The summed E-state index contributed by atoms with van der Waals surface area (Å²) in [5.74, 6) is 3.14. The molecule has 0 fully saturated rings. The molecule has 0 saturated heterocycles. The number of nitrogens with zero attached hydrogens (tertiary/aromatic N) is 6. The minimum Gasteiger partial charge on any atom is -0.208 e. The predicted molar refractivity (Wildman–Crippen MR) is 617 cm³/mol. The van der Waals surface area contributed by atoms with E-state index in [-0.39, 0.29) is 5.28 Å². The molecule has 672 valence electrons. The van der Waals surface area contributed by atoms with Crippen molar-refractivity contribution in [1.82, 2.24) is 29.9 Å². The van der Waals surface area contributed by atoms with Gasteiger partial charge in [-0.05, 0) is 134 Å². The third-order valence-corrected chi connectivity index (χ3v) is 45.0. The summed E-state index contributed by atoms with van der Waals surface area (Å²) in [6.07, 6.45) is 0. The van der Waals surface area contributed by atoms with Crippen LogP contribution in [0.5, 0.6) is 0 Å². The summed E-state index contributed by atoms with van der Waals surface area (Å²) in [5, 5.41) is 21.2. The van der Waals surface area contributed by atoms with E-state index >= 15 is 0 Å². The van der Waals surface area contributed by atoms with Crippen molar-refractivity contribution >= 4 is 267 Å². The van der Waals surface area contributed by atoms with Crippen molar-refractivity contribution < 1.29 is 0 Å². The Balaban J connectivity index is 0.000000118. The first-order chi connectivity index (χ1) is 68.3. The second kappa shape index (κ2) is 44.6. The molecule has 6 nitrogen and oxygen atoms in total. The molecule has 0 atom stereocenters. The van der Waals surface area contributed by atoms with Crippen molar-refractivity contribution in [3.05, 3.63) is 527 Å². The number of aromatic nitrogens is 6. The van der Waals surface area contributed by atoms with Crippen LogP contribution in [0.4, 0.5) is 0 Å². The van der Waals surface area contributed by atoms with E-state index in [0.717, 1.165) is 51.6 Å². The zero-order valence-electron chi connectivity index (χ0n) is 74.5. The van der Waals surface area contributed by atoms with Crippen molar-refractivity contribution in [2.24, 2.45) is 0 Å². The average Bonchev–Trinajstić information content (AvgIpc) is 1.70. The quantitative estimate of drug-likeness (QED) is 0.0578. The molecule has 0 N–H and O–H groups in total. The zero-order valence-corrected chi connectivity index (χ0v) is 88.5. The zero-order chi connectivity index (χ0) is 94.9. The lowest BCUT2D eigenvalue weighted by Crippen LogP contribution is -2.74. The Morgan fingerprint density at radius 1 is 0.194 bits per heavy atom. The number of benzene rings is 19. The van der Waals surface area contributed by atoms with E-state index in [1.807, 2.05) is 216 Å². The van der Waals surface area contributed by atoms with Gasteiger partial charge in [-0.25, -0.2) is 19.9 Å². The molecule has 5 aromatic heterocycles. The van der Waals surface area contributed by atoms with Gasteiger partial charge in [-0.2, -0.15) is 9.97 Å². The molecule has 19 aromatic carbocycles.